The molecule has 3 N–H and O–H groups in total. The Labute approximate surface area is 138 Å². The van der Waals surface area contributed by atoms with E-state index in [2.05, 4.69) is 63.8 Å². The van der Waals surface area contributed by atoms with Gasteiger partial charge in [-0.1, -0.05) is 46.3 Å². The number of hydrogen-bond donors (Lipinski definition) is 2. The van der Waals surface area contributed by atoms with Gasteiger partial charge in [0.25, 0.3) is 0 Å². The molecule has 21 heavy (non-hydrogen) atoms. The minimum Gasteiger partial charge on any atom is -0.271 e. The van der Waals surface area contributed by atoms with Crippen molar-refractivity contribution in [3.8, 4) is 0 Å². The molecule has 0 bridgehead atoms. The van der Waals surface area contributed by atoms with Crippen LogP contribution in [0.4, 0.5) is 0 Å². The highest BCUT2D eigenvalue weighted by molar-refractivity contribution is 9.10. The molecule has 0 saturated carbocycles. The Balaban J connectivity index is 1.55. The summed E-state index contributed by atoms with van der Waals surface area (Å²) < 4.78 is 1.12. The normalized spacial score (nSPS) is 17.9. The van der Waals surface area contributed by atoms with E-state index in [9.17, 15) is 0 Å². The largest absolute Gasteiger partial charge is 0.271 e. The van der Waals surface area contributed by atoms with Crippen LogP contribution in [0, 0.1) is 0 Å². The maximum atomic E-state index is 5.74. The summed E-state index contributed by atoms with van der Waals surface area (Å²) in [5, 5.41) is 0. The molecule has 4 heteroatoms. The molecule has 2 aromatic rings. The van der Waals surface area contributed by atoms with Crippen LogP contribution in [0.3, 0.4) is 0 Å². The molecule has 2 unspecified atom stereocenters. The first-order chi connectivity index (χ1) is 10.3. The van der Waals surface area contributed by atoms with E-state index in [1.54, 1.807) is 0 Å². The van der Waals surface area contributed by atoms with Gasteiger partial charge in [-0.15, -0.1) is 11.8 Å². The molecule has 0 aromatic heterocycles. The third-order valence-corrected chi connectivity index (χ3v) is 5.66. The molecule has 3 rings (SSSR count). The molecule has 0 radical (unpaired) electrons. The van der Waals surface area contributed by atoms with Gasteiger partial charge in [-0.05, 0) is 48.1 Å². The smallest absolute Gasteiger partial charge is 0.0310 e. The summed E-state index contributed by atoms with van der Waals surface area (Å²) in [5.41, 5.74) is 5.99. The second-order valence-electron chi connectivity index (χ2n) is 5.47. The second kappa shape index (κ2) is 6.97. The molecule has 0 fully saturated rings. The lowest BCUT2D eigenvalue weighted by atomic mass is 9.75. The van der Waals surface area contributed by atoms with Crippen molar-refractivity contribution in [1.82, 2.24) is 5.43 Å². The van der Waals surface area contributed by atoms with Crippen molar-refractivity contribution in [2.45, 2.75) is 29.7 Å². The highest BCUT2D eigenvalue weighted by Crippen LogP contribution is 2.38. The Bertz CT molecular complexity index is 617. The minimum atomic E-state index is 0.340. The fourth-order valence-corrected chi connectivity index (χ4v) is 4.42. The van der Waals surface area contributed by atoms with Gasteiger partial charge in [0.15, 0.2) is 0 Å². The highest BCUT2D eigenvalue weighted by atomic mass is 79.9. The average Bonchev–Trinajstić information content (AvgIpc) is 2.48. The average molecular weight is 363 g/mol. The Morgan fingerprint density at radius 3 is 2.86 bits per heavy atom. The standard InChI is InChI=1S/C17H19BrN2S/c18-14-5-3-6-16(10-14)21-11-15(20-19)9-13-8-12-4-1-2-7-17(12)13/h1-7,10,13,15,20H,8-9,11,19H2. The number of hydrazine groups is 1. The van der Waals surface area contributed by atoms with Crippen LogP contribution in [-0.4, -0.2) is 11.8 Å². The topological polar surface area (TPSA) is 38.0 Å². The van der Waals surface area contributed by atoms with Gasteiger partial charge in [-0.25, -0.2) is 0 Å². The first kappa shape index (κ1) is 15.1. The Morgan fingerprint density at radius 2 is 2.10 bits per heavy atom. The van der Waals surface area contributed by atoms with Crippen LogP contribution in [0.5, 0.6) is 0 Å². The van der Waals surface area contributed by atoms with E-state index in [0.29, 0.717) is 12.0 Å². The monoisotopic (exact) mass is 362 g/mol. The zero-order valence-corrected chi connectivity index (χ0v) is 14.2. The highest BCUT2D eigenvalue weighted by Gasteiger charge is 2.27. The summed E-state index contributed by atoms with van der Waals surface area (Å²) in [6.07, 6.45) is 2.30. The van der Waals surface area contributed by atoms with Crippen molar-refractivity contribution in [2.24, 2.45) is 5.84 Å². The van der Waals surface area contributed by atoms with Crippen LogP contribution >= 0.6 is 27.7 Å². The van der Waals surface area contributed by atoms with E-state index in [0.717, 1.165) is 16.6 Å². The van der Waals surface area contributed by atoms with E-state index >= 15 is 0 Å². The van der Waals surface area contributed by atoms with Crippen LogP contribution in [0.1, 0.15) is 23.5 Å². The molecule has 0 heterocycles. The van der Waals surface area contributed by atoms with Gasteiger partial charge < -0.3 is 0 Å². The molecule has 0 aliphatic heterocycles. The maximum absolute atomic E-state index is 5.74. The summed E-state index contributed by atoms with van der Waals surface area (Å²) in [6, 6.07) is 17.5. The predicted molar refractivity (Wildman–Crippen MR) is 93.5 cm³/mol. The van der Waals surface area contributed by atoms with Gasteiger partial charge >= 0.3 is 0 Å². The number of benzene rings is 2. The predicted octanol–water partition coefficient (Wildman–Crippen LogP) is 4.10. The molecule has 1 aliphatic carbocycles. The molecule has 0 spiro atoms. The Hall–Kier alpha value is -0.810. The summed E-state index contributed by atoms with van der Waals surface area (Å²) in [6.45, 7) is 0. The Morgan fingerprint density at radius 1 is 1.24 bits per heavy atom. The number of nitrogens with one attached hydrogen (secondary N) is 1. The second-order valence-corrected chi connectivity index (χ2v) is 7.48. The van der Waals surface area contributed by atoms with Crippen LogP contribution in [0.2, 0.25) is 0 Å². The van der Waals surface area contributed by atoms with E-state index < -0.39 is 0 Å². The molecule has 1 aliphatic rings. The molecule has 110 valence electrons. The van der Waals surface area contributed by atoms with Crippen LogP contribution < -0.4 is 11.3 Å². The molecular weight excluding hydrogens is 344 g/mol. The fourth-order valence-electron chi connectivity index (χ4n) is 2.85. The molecule has 2 atom stereocenters. The van der Waals surface area contributed by atoms with Crippen molar-refractivity contribution < 1.29 is 0 Å². The van der Waals surface area contributed by atoms with Gasteiger partial charge in [0.2, 0.25) is 0 Å². The van der Waals surface area contributed by atoms with Gasteiger partial charge in [0, 0.05) is 21.2 Å². The third-order valence-electron chi connectivity index (χ3n) is 4.01. The fraction of sp³-hybridized carbons (Fsp3) is 0.294. The molecule has 2 nitrogen and oxygen atoms in total. The van der Waals surface area contributed by atoms with Crippen molar-refractivity contribution in [2.75, 3.05) is 5.75 Å². The van der Waals surface area contributed by atoms with Gasteiger partial charge in [-0.2, -0.15) is 0 Å². The number of nitrogens with two attached hydrogens (primary N) is 1. The maximum Gasteiger partial charge on any atom is 0.0310 e. The number of fused-ring (bicyclic) bond motifs is 1. The van der Waals surface area contributed by atoms with E-state index in [1.807, 2.05) is 17.8 Å². The van der Waals surface area contributed by atoms with E-state index in [-0.39, 0.29) is 0 Å². The van der Waals surface area contributed by atoms with Gasteiger partial charge in [-0.3, -0.25) is 11.3 Å². The number of halogens is 1. The number of thioether (sulfide) groups is 1. The van der Waals surface area contributed by atoms with E-state index in [4.69, 9.17) is 5.84 Å². The van der Waals surface area contributed by atoms with Crippen molar-refractivity contribution in [1.29, 1.82) is 0 Å². The van der Waals surface area contributed by atoms with Crippen molar-refractivity contribution >= 4 is 27.7 Å². The molecule has 0 amide bonds. The van der Waals surface area contributed by atoms with Crippen LogP contribution in [0.15, 0.2) is 57.9 Å². The molecule has 0 saturated heterocycles. The number of hydrogen-bond acceptors (Lipinski definition) is 3. The van der Waals surface area contributed by atoms with Gasteiger partial charge in [0.1, 0.15) is 0 Å². The lowest BCUT2D eigenvalue weighted by molar-refractivity contribution is 0.452. The summed E-state index contributed by atoms with van der Waals surface area (Å²) >= 11 is 5.36. The quantitative estimate of drug-likeness (QED) is 0.461. The lowest BCUT2D eigenvalue weighted by Gasteiger charge is -2.32. The Kier molecular flexibility index (Phi) is 5.01. The lowest BCUT2D eigenvalue weighted by Crippen LogP contribution is -2.39. The van der Waals surface area contributed by atoms with Gasteiger partial charge in [0.05, 0.1) is 0 Å². The van der Waals surface area contributed by atoms with Crippen LogP contribution in [0.25, 0.3) is 0 Å². The third kappa shape index (κ3) is 3.69. The number of rotatable bonds is 6. The SMILES string of the molecule is NNC(CSc1cccc(Br)c1)CC1Cc2ccccc21. The van der Waals surface area contributed by atoms with Crippen molar-refractivity contribution in [3.05, 3.63) is 64.1 Å². The van der Waals surface area contributed by atoms with E-state index in [1.165, 1.54) is 22.4 Å². The first-order valence-corrected chi connectivity index (χ1v) is 8.96. The van der Waals surface area contributed by atoms with Crippen LogP contribution in [-0.2, 0) is 6.42 Å². The first-order valence-electron chi connectivity index (χ1n) is 7.18. The molecule has 2 aromatic carbocycles. The zero-order valence-electron chi connectivity index (χ0n) is 11.8. The zero-order chi connectivity index (χ0) is 14.7. The minimum absolute atomic E-state index is 0.340. The summed E-state index contributed by atoms with van der Waals surface area (Å²) in [7, 11) is 0. The van der Waals surface area contributed by atoms with Crippen molar-refractivity contribution in [3.63, 3.8) is 0 Å². The summed E-state index contributed by atoms with van der Waals surface area (Å²) in [4.78, 5) is 1.28. The summed E-state index contributed by atoms with van der Waals surface area (Å²) in [5.74, 6) is 7.39. The molecular formula is C17H19BrN2S.